The number of carbonyl (C=O) groups is 1. The average Bonchev–Trinajstić information content (AvgIpc) is 2.69. The Balaban J connectivity index is 2.21. The number of nitrogens with zero attached hydrogens (tertiary/aromatic N) is 1. The number of halogens is 1. The summed E-state index contributed by atoms with van der Waals surface area (Å²) in [6.07, 6.45) is 0.326. The van der Waals surface area contributed by atoms with E-state index in [0.29, 0.717) is 30.9 Å². The van der Waals surface area contributed by atoms with Crippen molar-refractivity contribution in [1.29, 1.82) is 0 Å². The minimum Gasteiger partial charge on any atom is -0.492 e. The van der Waals surface area contributed by atoms with Crippen LogP contribution in [0.5, 0.6) is 5.75 Å². The highest BCUT2D eigenvalue weighted by Crippen LogP contribution is 2.30. The highest BCUT2D eigenvalue weighted by Gasteiger charge is 2.26. The Bertz CT molecular complexity index is 943. The molecule has 0 atom stereocenters. The van der Waals surface area contributed by atoms with Crippen molar-refractivity contribution >= 4 is 21.6 Å². The summed E-state index contributed by atoms with van der Waals surface area (Å²) in [4.78, 5) is 12.3. The number of nitrogens with one attached hydrogen (secondary N) is 1. The third kappa shape index (κ3) is 5.77. The second kappa shape index (κ2) is 10.4. The summed E-state index contributed by atoms with van der Waals surface area (Å²) in [5.41, 5.74) is 0.803. The number of aryl methyl sites for hydroxylation is 1. The van der Waals surface area contributed by atoms with Crippen LogP contribution >= 0.6 is 0 Å². The molecule has 0 aromatic heterocycles. The predicted molar refractivity (Wildman–Crippen MR) is 111 cm³/mol. The molecule has 0 unspecified atom stereocenters. The first-order valence-electron chi connectivity index (χ1n) is 9.63. The number of rotatable bonds is 10. The molecule has 0 heterocycles. The van der Waals surface area contributed by atoms with Gasteiger partial charge in [0.2, 0.25) is 15.9 Å². The molecule has 2 aromatic rings. The van der Waals surface area contributed by atoms with E-state index in [9.17, 15) is 17.6 Å². The van der Waals surface area contributed by atoms with Gasteiger partial charge in [0, 0.05) is 25.2 Å². The standard InChI is InChI=1S/C21H27FN2O4S/c1-4-24(5-2)29(26,27)20-15-17(12-13-19(20)28-6-3)23-21(25)14-11-16-9-7-8-10-18(16)22/h7-10,12-13,15H,4-6,11,14H2,1-3H3,(H,23,25). The van der Waals surface area contributed by atoms with Gasteiger partial charge in [-0.15, -0.1) is 0 Å². The molecule has 2 aromatic carbocycles. The Morgan fingerprint density at radius 3 is 2.41 bits per heavy atom. The van der Waals surface area contributed by atoms with Gasteiger partial charge in [-0.3, -0.25) is 4.79 Å². The zero-order valence-corrected chi connectivity index (χ0v) is 17.8. The number of anilines is 1. The molecule has 0 radical (unpaired) electrons. The summed E-state index contributed by atoms with van der Waals surface area (Å²) >= 11 is 0. The Kier molecular flexibility index (Phi) is 8.16. The van der Waals surface area contributed by atoms with E-state index in [1.807, 2.05) is 0 Å². The molecule has 158 valence electrons. The van der Waals surface area contributed by atoms with Gasteiger partial charge in [-0.25, -0.2) is 12.8 Å². The third-order valence-corrected chi connectivity index (χ3v) is 6.50. The maximum Gasteiger partial charge on any atom is 0.246 e. The van der Waals surface area contributed by atoms with Gasteiger partial charge in [-0.1, -0.05) is 32.0 Å². The van der Waals surface area contributed by atoms with E-state index in [-0.39, 0.29) is 35.2 Å². The molecule has 0 aliphatic heterocycles. The molecule has 6 nitrogen and oxygen atoms in total. The van der Waals surface area contributed by atoms with Crippen LogP contribution in [-0.4, -0.2) is 38.3 Å². The van der Waals surface area contributed by atoms with E-state index in [4.69, 9.17) is 4.74 Å². The lowest BCUT2D eigenvalue weighted by Gasteiger charge is -2.21. The highest BCUT2D eigenvalue weighted by atomic mass is 32.2. The Hall–Kier alpha value is -2.45. The van der Waals surface area contributed by atoms with E-state index in [0.717, 1.165) is 0 Å². The van der Waals surface area contributed by atoms with Gasteiger partial charge in [0.15, 0.2) is 0 Å². The minimum atomic E-state index is -3.77. The van der Waals surface area contributed by atoms with Crippen LogP contribution in [0.25, 0.3) is 0 Å². The van der Waals surface area contributed by atoms with Gasteiger partial charge in [-0.05, 0) is 43.2 Å². The maximum absolute atomic E-state index is 13.7. The van der Waals surface area contributed by atoms with Crippen molar-refractivity contribution in [3.63, 3.8) is 0 Å². The van der Waals surface area contributed by atoms with Gasteiger partial charge < -0.3 is 10.1 Å². The molecular weight excluding hydrogens is 395 g/mol. The first-order valence-corrected chi connectivity index (χ1v) is 11.1. The second-order valence-corrected chi connectivity index (χ2v) is 8.23. The first-order chi connectivity index (χ1) is 13.8. The third-order valence-electron chi connectivity index (χ3n) is 4.43. The minimum absolute atomic E-state index is 0.00922. The summed E-state index contributed by atoms with van der Waals surface area (Å²) < 4.78 is 46.4. The summed E-state index contributed by atoms with van der Waals surface area (Å²) in [7, 11) is -3.77. The molecule has 0 saturated heterocycles. The zero-order valence-electron chi connectivity index (χ0n) is 16.9. The normalized spacial score (nSPS) is 11.5. The van der Waals surface area contributed by atoms with E-state index in [1.54, 1.807) is 45.0 Å². The number of ether oxygens (including phenoxy) is 1. The molecule has 1 amide bonds. The van der Waals surface area contributed by atoms with Crippen LogP contribution in [-0.2, 0) is 21.2 Å². The molecule has 1 N–H and O–H groups in total. The molecular formula is C21H27FN2O4S. The molecule has 0 spiro atoms. The molecule has 0 fully saturated rings. The maximum atomic E-state index is 13.7. The zero-order chi connectivity index (χ0) is 21.4. The molecule has 0 bridgehead atoms. The fourth-order valence-corrected chi connectivity index (χ4v) is 4.55. The van der Waals surface area contributed by atoms with E-state index >= 15 is 0 Å². The number of sulfonamides is 1. The lowest BCUT2D eigenvalue weighted by Crippen LogP contribution is -2.31. The predicted octanol–water partition coefficient (Wildman–Crippen LogP) is 3.83. The number of benzene rings is 2. The van der Waals surface area contributed by atoms with Gasteiger partial charge >= 0.3 is 0 Å². The molecule has 8 heteroatoms. The van der Waals surface area contributed by atoms with Crippen molar-refractivity contribution in [2.45, 2.75) is 38.5 Å². The Morgan fingerprint density at radius 2 is 1.79 bits per heavy atom. The van der Waals surface area contributed by atoms with E-state index < -0.39 is 10.0 Å². The fourth-order valence-electron chi connectivity index (χ4n) is 2.94. The number of amides is 1. The molecule has 0 aliphatic carbocycles. The smallest absolute Gasteiger partial charge is 0.246 e. The van der Waals surface area contributed by atoms with Crippen LogP contribution in [0, 0.1) is 5.82 Å². The highest BCUT2D eigenvalue weighted by molar-refractivity contribution is 7.89. The molecule has 2 rings (SSSR count). The summed E-state index contributed by atoms with van der Waals surface area (Å²) in [5.74, 6) is -0.443. The van der Waals surface area contributed by atoms with Crippen LogP contribution in [0.2, 0.25) is 0 Å². The lowest BCUT2D eigenvalue weighted by atomic mass is 10.1. The van der Waals surface area contributed by atoms with Crippen molar-refractivity contribution in [1.82, 2.24) is 4.31 Å². The monoisotopic (exact) mass is 422 g/mol. The number of carbonyl (C=O) groups excluding carboxylic acids is 1. The van der Waals surface area contributed by atoms with E-state index in [1.165, 1.54) is 22.5 Å². The summed E-state index contributed by atoms with van der Waals surface area (Å²) in [6, 6.07) is 10.8. The average molecular weight is 423 g/mol. The van der Waals surface area contributed by atoms with Crippen LogP contribution in [0.1, 0.15) is 32.8 Å². The van der Waals surface area contributed by atoms with Crippen molar-refractivity contribution < 1.29 is 22.3 Å². The van der Waals surface area contributed by atoms with Crippen molar-refractivity contribution in [2.75, 3.05) is 25.0 Å². The second-order valence-electron chi connectivity index (χ2n) is 6.32. The van der Waals surface area contributed by atoms with Gasteiger partial charge in [-0.2, -0.15) is 4.31 Å². The van der Waals surface area contributed by atoms with Crippen molar-refractivity contribution in [2.24, 2.45) is 0 Å². The SMILES string of the molecule is CCOc1ccc(NC(=O)CCc2ccccc2F)cc1S(=O)(=O)N(CC)CC. The van der Waals surface area contributed by atoms with Gasteiger partial charge in [0.25, 0.3) is 0 Å². The van der Waals surface area contributed by atoms with Crippen LogP contribution in [0.15, 0.2) is 47.4 Å². The fraction of sp³-hybridized carbons (Fsp3) is 0.381. The summed E-state index contributed by atoms with van der Waals surface area (Å²) in [5, 5.41) is 2.69. The van der Waals surface area contributed by atoms with Crippen LogP contribution in [0.3, 0.4) is 0 Å². The lowest BCUT2D eigenvalue weighted by molar-refractivity contribution is -0.116. The summed E-state index contributed by atoms with van der Waals surface area (Å²) in [6.45, 7) is 6.25. The molecule has 0 saturated carbocycles. The topological polar surface area (TPSA) is 75.7 Å². The first kappa shape index (κ1) is 22.8. The molecule has 0 aliphatic rings. The van der Waals surface area contributed by atoms with Crippen LogP contribution in [0.4, 0.5) is 10.1 Å². The van der Waals surface area contributed by atoms with Gasteiger partial charge in [0.05, 0.1) is 6.61 Å². The number of hydrogen-bond donors (Lipinski definition) is 1. The van der Waals surface area contributed by atoms with Crippen molar-refractivity contribution in [3.05, 3.63) is 53.8 Å². The van der Waals surface area contributed by atoms with Crippen LogP contribution < -0.4 is 10.1 Å². The van der Waals surface area contributed by atoms with Gasteiger partial charge in [0.1, 0.15) is 16.5 Å². The number of hydrogen-bond acceptors (Lipinski definition) is 4. The quantitative estimate of drug-likeness (QED) is 0.631. The van der Waals surface area contributed by atoms with E-state index in [2.05, 4.69) is 5.32 Å². The largest absolute Gasteiger partial charge is 0.492 e. The van der Waals surface area contributed by atoms with Crippen molar-refractivity contribution in [3.8, 4) is 5.75 Å². The molecule has 29 heavy (non-hydrogen) atoms. The Morgan fingerprint density at radius 1 is 1.10 bits per heavy atom. The Labute approximate surface area is 171 Å².